The van der Waals surface area contributed by atoms with Crippen molar-refractivity contribution in [3.05, 3.63) is 35.1 Å². The number of carbonyl (C=O) groups excluding carboxylic acids is 2. The predicted molar refractivity (Wildman–Crippen MR) is 72.8 cm³/mol. The van der Waals surface area contributed by atoms with Crippen molar-refractivity contribution in [1.82, 2.24) is 10.3 Å². The number of aromatic nitrogens is 1. The molecule has 20 heavy (non-hydrogen) atoms. The summed E-state index contributed by atoms with van der Waals surface area (Å²) in [6, 6.07) is 4.93. The van der Waals surface area contributed by atoms with Gasteiger partial charge in [-0.3, -0.25) is 9.59 Å². The van der Waals surface area contributed by atoms with E-state index in [0.29, 0.717) is 15.8 Å². The normalized spacial score (nSPS) is 10.3. The minimum absolute atomic E-state index is 0.177. The highest BCUT2D eigenvalue weighted by Gasteiger charge is 2.17. The average molecular weight is 295 g/mol. The van der Waals surface area contributed by atoms with Gasteiger partial charge in [-0.05, 0) is 6.07 Å². The molecule has 0 radical (unpaired) electrons. The molecule has 0 spiro atoms. The van der Waals surface area contributed by atoms with Crippen LogP contribution in [0.1, 0.15) is 10.5 Å². The third-order valence-corrected chi connectivity index (χ3v) is 3.02. The lowest BCUT2D eigenvalue weighted by atomic mass is 10.1. The van der Waals surface area contributed by atoms with Gasteiger partial charge >= 0.3 is 5.97 Å². The van der Waals surface area contributed by atoms with Gasteiger partial charge in [-0.2, -0.15) is 0 Å². The number of nitrogens with one attached hydrogen (secondary N) is 1. The van der Waals surface area contributed by atoms with Gasteiger partial charge in [0.05, 0.1) is 12.1 Å². The fourth-order valence-electron chi connectivity index (χ4n) is 1.67. The lowest BCUT2D eigenvalue weighted by Crippen LogP contribution is -2.30. The Kier molecular flexibility index (Phi) is 4.05. The van der Waals surface area contributed by atoms with E-state index in [2.05, 4.69) is 15.0 Å². The SMILES string of the molecule is COC(=O)CNC(=O)c1ncc2c(Cl)cccc2c1O. The summed E-state index contributed by atoms with van der Waals surface area (Å²) in [7, 11) is 1.21. The first kappa shape index (κ1) is 14.1. The second kappa shape index (κ2) is 5.75. The van der Waals surface area contributed by atoms with Crippen molar-refractivity contribution in [1.29, 1.82) is 0 Å². The Morgan fingerprint density at radius 3 is 2.85 bits per heavy atom. The Bertz CT molecular complexity index is 687. The van der Waals surface area contributed by atoms with Gasteiger partial charge in [-0.15, -0.1) is 0 Å². The second-order valence-corrected chi connectivity index (χ2v) is 4.32. The maximum Gasteiger partial charge on any atom is 0.325 e. The van der Waals surface area contributed by atoms with E-state index in [0.717, 1.165) is 0 Å². The van der Waals surface area contributed by atoms with E-state index in [4.69, 9.17) is 11.6 Å². The van der Waals surface area contributed by atoms with Crippen LogP contribution in [0, 0.1) is 0 Å². The number of nitrogens with zero attached hydrogens (tertiary/aromatic N) is 1. The fourth-order valence-corrected chi connectivity index (χ4v) is 1.89. The number of amides is 1. The summed E-state index contributed by atoms with van der Waals surface area (Å²) in [4.78, 5) is 26.7. The van der Waals surface area contributed by atoms with Crippen LogP contribution in [0.3, 0.4) is 0 Å². The van der Waals surface area contributed by atoms with E-state index in [9.17, 15) is 14.7 Å². The zero-order chi connectivity index (χ0) is 14.7. The number of halogens is 1. The lowest BCUT2D eigenvalue weighted by molar-refractivity contribution is -0.139. The molecule has 6 nitrogen and oxygen atoms in total. The van der Waals surface area contributed by atoms with Crippen LogP contribution in [0.15, 0.2) is 24.4 Å². The number of ether oxygens (including phenoxy) is 1. The quantitative estimate of drug-likeness (QED) is 0.837. The minimum atomic E-state index is -0.672. The van der Waals surface area contributed by atoms with Gasteiger partial charge in [-0.25, -0.2) is 4.98 Å². The molecule has 1 amide bonds. The van der Waals surface area contributed by atoms with Gasteiger partial charge in [0, 0.05) is 17.0 Å². The van der Waals surface area contributed by atoms with Crippen LogP contribution >= 0.6 is 11.6 Å². The number of methoxy groups -OCH3 is 1. The maximum atomic E-state index is 11.8. The van der Waals surface area contributed by atoms with Gasteiger partial charge < -0.3 is 15.2 Å². The van der Waals surface area contributed by atoms with Gasteiger partial charge in [0.25, 0.3) is 5.91 Å². The Morgan fingerprint density at radius 1 is 1.40 bits per heavy atom. The molecule has 104 valence electrons. The van der Waals surface area contributed by atoms with Crippen LogP contribution in [-0.4, -0.2) is 35.6 Å². The molecule has 0 unspecified atom stereocenters. The first-order chi connectivity index (χ1) is 9.54. The van der Waals surface area contributed by atoms with Crippen molar-refractivity contribution in [3.8, 4) is 5.75 Å². The molecule has 0 saturated heterocycles. The largest absolute Gasteiger partial charge is 0.505 e. The highest BCUT2D eigenvalue weighted by atomic mass is 35.5. The number of pyridine rings is 1. The van der Waals surface area contributed by atoms with Crippen LogP contribution in [0.4, 0.5) is 0 Å². The van der Waals surface area contributed by atoms with Crippen molar-refractivity contribution in [2.24, 2.45) is 0 Å². The zero-order valence-electron chi connectivity index (χ0n) is 10.5. The van der Waals surface area contributed by atoms with E-state index in [-0.39, 0.29) is 18.0 Å². The molecule has 0 bridgehead atoms. The highest BCUT2D eigenvalue weighted by Crippen LogP contribution is 2.31. The molecule has 0 aliphatic heterocycles. The van der Waals surface area contributed by atoms with Crippen molar-refractivity contribution in [3.63, 3.8) is 0 Å². The number of benzene rings is 1. The predicted octanol–water partition coefficient (Wildman–Crippen LogP) is 1.50. The molecular formula is C13H11ClN2O4. The molecule has 0 aliphatic carbocycles. The van der Waals surface area contributed by atoms with E-state index in [1.54, 1.807) is 18.2 Å². The minimum Gasteiger partial charge on any atom is -0.505 e. The number of hydrogen-bond donors (Lipinski definition) is 2. The highest BCUT2D eigenvalue weighted by molar-refractivity contribution is 6.35. The monoisotopic (exact) mass is 294 g/mol. The van der Waals surface area contributed by atoms with Crippen LogP contribution in [-0.2, 0) is 9.53 Å². The summed E-state index contributed by atoms with van der Waals surface area (Å²) in [6.45, 7) is -0.302. The van der Waals surface area contributed by atoms with Crippen LogP contribution in [0.2, 0.25) is 5.02 Å². The van der Waals surface area contributed by atoms with E-state index >= 15 is 0 Å². The number of fused-ring (bicyclic) bond motifs is 1. The van der Waals surface area contributed by atoms with E-state index in [1.165, 1.54) is 13.3 Å². The first-order valence-electron chi connectivity index (χ1n) is 5.65. The summed E-state index contributed by atoms with van der Waals surface area (Å²) in [5.41, 5.74) is -0.177. The van der Waals surface area contributed by atoms with Gasteiger partial charge in [-0.1, -0.05) is 23.7 Å². The van der Waals surface area contributed by atoms with Crippen molar-refractivity contribution in [2.75, 3.05) is 13.7 Å². The smallest absolute Gasteiger partial charge is 0.325 e. The van der Waals surface area contributed by atoms with Crippen LogP contribution in [0.5, 0.6) is 5.75 Å². The Hall–Kier alpha value is -2.34. The third kappa shape index (κ3) is 2.65. The topological polar surface area (TPSA) is 88.5 Å². The van der Waals surface area contributed by atoms with Gasteiger partial charge in [0.2, 0.25) is 0 Å². The zero-order valence-corrected chi connectivity index (χ0v) is 11.3. The maximum absolute atomic E-state index is 11.8. The molecule has 1 aromatic carbocycles. The molecule has 0 aliphatic rings. The summed E-state index contributed by atoms with van der Waals surface area (Å²) in [5.74, 6) is -1.55. The molecule has 1 aromatic heterocycles. The Balaban J connectivity index is 2.34. The van der Waals surface area contributed by atoms with Crippen molar-refractivity contribution >= 4 is 34.2 Å². The first-order valence-corrected chi connectivity index (χ1v) is 6.03. The summed E-state index contributed by atoms with van der Waals surface area (Å²) >= 11 is 5.97. The number of rotatable bonds is 3. The van der Waals surface area contributed by atoms with E-state index < -0.39 is 11.9 Å². The Morgan fingerprint density at radius 2 is 2.15 bits per heavy atom. The molecule has 2 rings (SSSR count). The molecule has 0 fully saturated rings. The number of aromatic hydroxyl groups is 1. The molecule has 2 N–H and O–H groups in total. The summed E-state index contributed by atoms with van der Waals surface area (Å²) < 4.78 is 4.40. The molecule has 0 atom stereocenters. The number of carbonyl (C=O) groups is 2. The van der Waals surface area contributed by atoms with Crippen molar-refractivity contribution in [2.45, 2.75) is 0 Å². The third-order valence-electron chi connectivity index (χ3n) is 2.69. The molecular weight excluding hydrogens is 284 g/mol. The number of hydrogen-bond acceptors (Lipinski definition) is 5. The van der Waals surface area contributed by atoms with E-state index in [1.807, 2.05) is 0 Å². The summed E-state index contributed by atoms with van der Waals surface area (Å²) in [6.07, 6.45) is 1.39. The molecule has 2 aromatic rings. The van der Waals surface area contributed by atoms with Gasteiger partial charge in [0.15, 0.2) is 11.4 Å². The summed E-state index contributed by atoms with van der Waals surface area (Å²) in [5, 5.41) is 13.7. The van der Waals surface area contributed by atoms with Crippen LogP contribution < -0.4 is 5.32 Å². The Labute approximate surface area is 119 Å². The van der Waals surface area contributed by atoms with Crippen molar-refractivity contribution < 1.29 is 19.4 Å². The van der Waals surface area contributed by atoms with Gasteiger partial charge in [0.1, 0.15) is 6.54 Å². The van der Waals surface area contributed by atoms with Crippen LogP contribution in [0.25, 0.3) is 10.8 Å². The molecule has 0 saturated carbocycles. The fraction of sp³-hybridized carbons (Fsp3) is 0.154. The molecule has 7 heteroatoms. The second-order valence-electron chi connectivity index (χ2n) is 3.92. The standard InChI is InChI=1S/C13H11ClN2O4/c1-20-10(17)6-16-13(19)11-12(18)7-3-2-4-9(14)8(7)5-15-11/h2-5,18H,6H2,1H3,(H,16,19). The lowest BCUT2D eigenvalue weighted by Gasteiger charge is -2.08. The average Bonchev–Trinajstić information content (AvgIpc) is 2.45. The number of esters is 1. The molecule has 1 heterocycles.